The predicted molar refractivity (Wildman–Crippen MR) is 56.8 cm³/mol. The Bertz CT molecular complexity index is 335. The highest BCUT2D eigenvalue weighted by molar-refractivity contribution is 5.90. The Morgan fingerprint density at radius 2 is 1.85 bits per heavy atom. The smallest absolute Gasteiger partial charge is 0.0833 e. The Labute approximate surface area is 77.3 Å². The zero-order valence-corrected chi connectivity index (χ0v) is 7.59. The third-order valence-electron chi connectivity index (χ3n) is 2.25. The first kappa shape index (κ1) is 8.04. The number of rotatable bonds is 0. The first-order valence-electron chi connectivity index (χ1n) is 4.37. The Balaban J connectivity index is 2.51. The van der Waals surface area contributed by atoms with Crippen molar-refractivity contribution >= 4 is 22.7 Å². The van der Waals surface area contributed by atoms with Crippen LogP contribution in [-0.4, -0.2) is 12.6 Å². The van der Waals surface area contributed by atoms with Crippen LogP contribution in [-0.2, 0) is 0 Å². The summed E-state index contributed by atoms with van der Waals surface area (Å²) in [6, 6.07) is 4.02. The molecule has 13 heavy (non-hydrogen) atoms. The van der Waals surface area contributed by atoms with Crippen LogP contribution in [0, 0.1) is 0 Å². The van der Waals surface area contributed by atoms with E-state index in [9.17, 15) is 0 Å². The normalized spacial score (nSPS) is 19.9. The van der Waals surface area contributed by atoms with Crippen molar-refractivity contribution in [3.8, 4) is 0 Å². The average Bonchev–Trinajstić information content (AvgIpc) is 2.12. The lowest BCUT2D eigenvalue weighted by atomic mass is 10.1. The second-order valence-electron chi connectivity index (χ2n) is 3.42. The maximum absolute atomic E-state index is 5.81. The molecule has 0 saturated carbocycles. The summed E-state index contributed by atoms with van der Waals surface area (Å²) >= 11 is 0. The van der Waals surface area contributed by atoms with Gasteiger partial charge in [-0.2, -0.15) is 0 Å². The number of nitrogens with one attached hydrogen (secondary N) is 2. The van der Waals surface area contributed by atoms with E-state index in [2.05, 4.69) is 17.6 Å². The number of benzene rings is 1. The van der Waals surface area contributed by atoms with E-state index in [1.807, 2.05) is 12.1 Å². The van der Waals surface area contributed by atoms with Crippen LogP contribution < -0.4 is 22.1 Å². The molecular formula is C9H14N4. The second-order valence-corrected chi connectivity index (χ2v) is 3.42. The highest BCUT2D eigenvalue weighted by atomic mass is 15.1. The third-order valence-corrected chi connectivity index (χ3v) is 2.25. The van der Waals surface area contributed by atoms with Crippen molar-refractivity contribution in [3.63, 3.8) is 0 Å². The Kier molecular flexibility index (Phi) is 1.69. The first-order chi connectivity index (χ1) is 6.18. The van der Waals surface area contributed by atoms with Gasteiger partial charge in [0.15, 0.2) is 0 Å². The number of hydrogen-bond donors (Lipinski definition) is 4. The highest BCUT2D eigenvalue weighted by Gasteiger charge is 2.17. The third kappa shape index (κ3) is 1.24. The Morgan fingerprint density at radius 1 is 1.23 bits per heavy atom. The van der Waals surface area contributed by atoms with E-state index in [0.29, 0.717) is 6.04 Å². The predicted octanol–water partition coefficient (Wildman–Crippen LogP) is 1.08. The zero-order chi connectivity index (χ0) is 9.42. The van der Waals surface area contributed by atoms with Crippen LogP contribution >= 0.6 is 0 Å². The molecule has 4 heteroatoms. The fourth-order valence-electron chi connectivity index (χ4n) is 1.53. The molecule has 0 aromatic heterocycles. The summed E-state index contributed by atoms with van der Waals surface area (Å²) in [6.07, 6.45) is 0. The number of fused-ring (bicyclic) bond motifs is 1. The maximum Gasteiger partial charge on any atom is 0.0833 e. The molecule has 0 spiro atoms. The minimum atomic E-state index is 0.386. The zero-order valence-electron chi connectivity index (χ0n) is 7.59. The van der Waals surface area contributed by atoms with Crippen LogP contribution in [0.15, 0.2) is 12.1 Å². The minimum absolute atomic E-state index is 0.386. The van der Waals surface area contributed by atoms with Crippen molar-refractivity contribution in [2.24, 2.45) is 0 Å². The molecule has 4 nitrogen and oxygen atoms in total. The molecule has 1 aromatic carbocycles. The topological polar surface area (TPSA) is 76.1 Å². The van der Waals surface area contributed by atoms with Gasteiger partial charge in [-0.15, -0.1) is 0 Å². The van der Waals surface area contributed by atoms with Gasteiger partial charge in [0.1, 0.15) is 0 Å². The highest BCUT2D eigenvalue weighted by Crippen LogP contribution is 2.36. The fraction of sp³-hybridized carbons (Fsp3) is 0.333. The summed E-state index contributed by atoms with van der Waals surface area (Å²) in [5, 5.41) is 6.56. The van der Waals surface area contributed by atoms with Gasteiger partial charge in [-0.25, -0.2) is 0 Å². The lowest BCUT2D eigenvalue weighted by Crippen LogP contribution is -2.31. The van der Waals surface area contributed by atoms with Crippen molar-refractivity contribution in [1.29, 1.82) is 0 Å². The van der Waals surface area contributed by atoms with Gasteiger partial charge in [-0.1, -0.05) is 0 Å². The summed E-state index contributed by atoms with van der Waals surface area (Å²) in [7, 11) is 0. The molecular weight excluding hydrogens is 164 g/mol. The molecule has 70 valence electrons. The molecule has 1 unspecified atom stereocenters. The first-order valence-corrected chi connectivity index (χ1v) is 4.37. The van der Waals surface area contributed by atoms with Crippen LogP contribution in [0.4, 0.5) is 22.7 Å². The number of nitrogens with two attached hydrogens (primary N) is 2. The molecule has 2 rings (SSSR count). The number of anilines is 4. The Morgan fingerprint density at radius 3 is 2.54 bits per heavy atom. The molecule has 0 fully saturated rings. The van der Waals surface area contributed by atoms with Gasteiger partial charge < -0.3 is 22.1 Å². The second kappa shape index (κ2) is 2.73. The van der Waals surface area contributed by atoms with Gasteiger partial charge in [0, 0.05) is 12.6 Å². The van der Waals surface area contributed by atoms with Crippen LogP contribution in [0.25, 0.3) is 0 Å². The van der Waals surface area contributed by atoms with E-state index >= 15 is 0 Å². The van der Waals surface area contributed by atoms with E-state index in [1.54, 1.807) is 0 Å². The molecule has 1 heterocycles. The van der Waals surface area contributed by atoms with E-state index in [0.717, 1.165) is 29.3 Å². The molecule has 1 aromatic rings. The van der Waals surface area contributed by atoms with Crippen molar-refractivity contribution in [3.05, 3.63) is 12.1 Å². The summed E-state index contributed by atoms with van der Waals surface area (Å²) in [5.41, 5.74) is 14.9. The summed E-state index contributed by atoms with van der Waals surface area (Å²) in [6.45, 7) is 2.97. The van der Waals surface area contributed by atoms with Crippen molar-refractivity contribution in [2.75, 3.05) is 28.6 Å². The number of nitrogen functional groups attached to an aromatic ring is 2. The van der Waals surface area contributed by atoms with Crippen molar-refractivity contribution < 1.29 is 0 Å². The number of hydrogen-bond acceptors (Lipinski definition) is 4. The molecule has 0 amide bonds. The molecule has 0 bridgehead atoms. The molecule has 1 aliphatic heterocycles. The van der Waals surface area contributed by atoms with E-state index in [-0.39, 0.29) is 0 Å². The van der Waals surface area contributed by atoms with E-state index in [1.165, 1.54) is 0 Å². The van der Waals surface area contributed by atoms with Crippen LogP contribution in [0.3, 0.4) is 0 Å². The lowest BCUT2D eigenvalue weighted by molar-refractivity contribution is 0.819. The van der Waals surface area contributed by atoms with Crippen molar-refractivity contribution in [2.45, 2.75) is 13.0 Å². The summed E-state index contributed by atoms with van der Waals surface area (Å²) in [5.74, 6) is 0. The molecule has 1 atom stereocenters. The minimum Gasteiger partial charge on any atom is -0.397 e. The lowest BCUT2D eigenvalue weighted by Gasteiger charge is -2.27. The maximum atomic E-state index is 5.81. The van der Waals surface area contributed by atoms with Crippen molar-refractivity contribution in [1.82, 2.24) is 0 Å². The van der Waals surface area contributed by atoms with Gasteiger partial charge >= 0.3 is 0 Å². The summed E-state index contributed by atoms with van der Waals surface area (Å²) < 4.78 is 0. The van der Waals surface area contributed by atoms with Gasteiger partial charge in [0.05, 0.1) is 22.7 Å². The summed E-state index contributed by atoms with van der Waals surface area (Å²) in [4.78, 5) is 0. The molecule has 0 saturated heterocycles. The standard InChI is InChI=1S/C9H14N4/c1-5-4-12-8-6(10)2-3-7(11)9(8)13-5/h2-3,5,12-13H,4,10-11H2,1H3. The largest absolute Gasteiger partial charge is 0.397 e. The van der Waals surface area contributed by atoms with Gasteiger partial charge in [0.25, 0.3) is 0 Å². The van der Waals surface area contributed by atoms with Gasteiger partial charge in [-0.05, 0) is 19.1 Å². The average molecular weight is 178 g/mol. The molecule has 0 radical (unpaired) electrons. The molecule has 1 aliphatic rings. The fourth-order valence-corrected chi connectivity index (χ4v) is 1.53. The molecule has 0 aliphatic carbocycles. The van der Waals surface area contributed by atoms with E-state index < -0.39 is 0 Å². The van der Waals surface area contributed by atoms with Crippen LogP contribution in [0.1, 0.15) is 6.92 Å². The van der Waals surface area contributed by atoms with Gasteiger partial charge in [0.2, 0.25) is 0 Å². The van der Waals surface area contributed by atoms with Crippen LogP contribution in [0.2, 0.25) is 0 Å². The Hall–Kier alpha value is -1.58. The quantitative estimate of drug-likeness (QED) is 0.448. The SMILES string of the molecule is CC1CNc2c(N)ccc(N)c2N1. The van der Waals surface area contributed by atoms with Crippen LogP contribution in [0.5, 0.6) is 0 Å². The molecule has 6 N–H and O–H groups in total. The monoisotopic (exact) mass is 178 g/mol. The van der Waals surface area contributed by atoms with Gasteiger partial charge in [-0.3, -0.25) is 0 Å². The van der Waals surface area contributed by atoms with E-state index in [4.69, 9.17) is 11.5 Å².